The number of rotatable bonds is 7. The van der Waals surface area contributed by atoms with Gasteiger partial charge in [-0.05, 0) is 32.4 Å². The Bertz CT molecular complexity index is 351. The number of amides is 1. The number of nitrogens with one attached hydrogen (secondary N) is 1. The van der Waals surface area contributed by atoms with Gasteiger partial charge in [0.05, 0.1) is 0 Å². The molecule has 0 aromatic heterocycles. The van der Waals surface area contributed by atoms with E-state index in [0.717, 1.165) is 18.7 Å². The number of carbonyl (C=O) groups is 1. The second-order valence-electron chi connectivity index (χ2n) is 4.49. The minimum Gasteiger partial charge on any atom is -0.314 e. The van der Waals surface area contributed by atoms with Gasteiger partial charge in [-0.3, -0.25) is 4.79 Å². The summed E-state index contributed by atoms with van der Waals surface area (Å²) in [6, 6.07) is 10.3. The third-order valence-corrected chi connectivity index (χ3v) is 3.13. The first-order valence-electron chi connectivity index (χ1n) is 6.77. The van der Waals surface area contributed by atoms with Crippen molar-refractivity contribution in [2.75, 3.05) is 18.0 Å². The summed E-state index contributed by atoms with van der Waals surface area (Å²) in [6.45, 7) is 7.75. The van der Waals surface area contributed by atoms with E-state index >= 15 is 0 Å². The van der Waals surface area contributed by atoms with Gasteiger partial charge >= 0.3 is 0 Å². The van der Waals surface area contributed by atoms with Crippen LogP contribution in [0.5, 0.6) is 0 Å². The van der Waals surface area contributed by atoms with Crippen molar-refractivity contribution >= 4 is 11.6 Å². The van der Waals surface area contributed by atoms with E-state index in [0.29, 0.717) is 19.0 Å². The molecule has 0 saturated carbocycles. The van der Waals surface area contributed by atoms with Crippen molar-refractivity contribution < 1.29 is 4.79 Å². The maximum Gasteiger partial charge on any atom is 0.228 e. The van der Waals surface area contributed by atoms with Gasteiger partial charge in [-0.2, -0.15) is 0 Å². The number of nitrogens with zero attached hydrogens (tertiary/aromatic N) is 1. The lowest BCUT2D eigenvalue weighted by Crippen LogP contribution is -2.35. The fourth-order valence-corrected chi connectivity index (χ4v) is 1.82. The van der Waals surface area contributed by atoms with Crippen LogP contribution in [0.3, 0.4) is 0 Å². The van der Waals surface area contributed by atoms with Crippen LogP contribution in [0.1, 0.15) is 33.6 Å². The molecule has 18 heavy (non-hydrogen) atoms. The van der Waals surface area contributed by atoms with Gasteiger partial charge in [-0.1, -0.05) is 25.1 Å². The monoisotopic (exact) mass is 248 g/mol. The molecule has 1 rings (SSSR count). The van der Waals surface area contributed by atoms with Crippen molar-refractivity contribution in [3.8, 4) is 0 Å². The smallest absolute Gasteiger partial charge is 0.228 e. The lowest BCUT2D eigenvalue weighted by Gasteiger charge is -2.21. The normalized spacial score (nSPS) is 12.2. The highest BCUT2D eigenvalue weighted by atomic mass is 16.2. The molecule has 0 radical (unpaired) electrons. The standard InChI is InChI=1S/C15H24N2O/c1-4-13(3)16-12-11-15(18)17(5-2)14-9-7-6-8-10-14/h6-10,13,16H,4-5,11-12H2,1-3H3. The molecular formula is C15H24N2O. The molecule has 0 bridgehead atoms. The minimum atomic E-state index is 0.180. The Balaban J connectivity index is 2.48. The summed E-state index contributed by atoms with van der Waals surface area (Å²) >= 11 is 0. The molecule has 1 amide bonds. The van der Waals surface area contributed by atoms with Crippen LogP contribution in [-0.4, -0.2) is 25.0 Å². The van der Waals surface area contributed by atoms with E-state index in [-0.39, 0.29) is 5.91 Å². The van der Waals surface area contributed by atoms with Crippen LogP contribution in [0, 0.1) is 0 Å². The molecule has 0 heterocycles. The highest BCUT2D eigenvalue weighted by molar-refractivity contribution is 5.93. The van der Waals surface area contributed by atoms with Gasteiger partial charge in [0.15, 0.2) is 0 Å². The summed E-state index contributed by atoms with van der Waals surface area (Å²) in [5, 5.41) is 3.35. The Morgan fingerprint density at radius 2 is 1.94 bits per heavy atom. The van der Waals surface area contributed by atoms with Crippen LogP contribution in [-0.2, 0) is 4.79 Å². The van der Waals surface area contributed by atoms with Crippen LogP contribution < -0.4 is 10.2 Å². The maximum atomic E-state index is 12.1. The van der Waals surface area contributed by atoms with Crippen molar-refractivity contribution in [3.63, 3.8) is 0 Å². The molecule has 0 aliphatic carbocycles. The average molecular weight is 248 g/mol. The van der Waals surface area contributed by atoms with E-state index in [1.54, 1.807) is 0 Å². The Morgan fingerprint density at radius 3 is 2.50 bits per heavy atom. The Labute approximate surface area is 110 Å². The molecule has 1 N–H and O–H groups in total. The van der Waals surface area contributed by atoms with Crippen molar-refractivity contribution in [2.45, 2.75) is 39.7 Å². The number of hydrogen-bond donors (Lipinski definition) is 1. The summed E-state index contributed by atoms with van der Waals surface area (Å²) in [7, 11) is 0. The van der Waals surface area contributed by atoms with E-state index in [1.165, 1.54) is 0 Å². The Kier molecular flexibility index (Phi) is 6.44. The first-order chi connectivity index (χ1) is 8.69. The van der Waals surface area contributed by atoms with E-state index in [9.17, 15) is 4.79 Å². The average Bonchev–Trinajstić information content (AvgIpc) is 2.40. The SMILES string of the molecule is CCC(C)NCCC(=O)N(CC)c1ccccc1. The second-order valence-corrected chi connectivity index (χ2v) is 4.49. The van der Waals surface area contributed by atoms with E-state index in [1.807, 2.05) is 42.2 Å². The first-order valence-corrected chi connectivity index (χ1v) is 6.77. The molecule has 1 atom stereocenters. The highest BCUT2D eigenvalue weighted by Crippen LogP contribution is 2.13. The zero-order valence-corrected chi connectivity index (χ0v) is 11.6. The topological polar surface area (TPSA) is 32.3 Å². The van der Waals surface area contributed by atoms with Crippen LogP contribution in [0.15, 0.2) is 30.3 Å². The number of para-hydroxylation sites is 1. The minimum absolute atomic E-state index is 0.180. The first kappa shape index (κ1) is 14.7. The molecule has 3 nitrogen and oxygen atoms in total. The zero-order chi connectivity index (χ0) is 13.4. The molecule has 0 aliphatic heterocycles. The van der Waals surface area contributed by atoms with Crippen molar-refractivity contribution in [1.29, 1.82) is 0 Å². The number of carbonyl (C=O) groups excluding carboxylic acids is 1. The molecule has 1 aromatic rings. The van der Waals surface area contributed by atoms with Gasteiger partial charge in [0.25, 0.3) is 0 Å². The van der Waals surface area contributed by atoms with E-state index in [4.69, 9.17) is 0 Å². The summed E-state index contributed by atoms with van der Waals surface area (Å²) in [4.78, 5) is 14.0. The molecule has 3 heteroatoms. The van der Waals surface area contributed by atoms with Gasteiger partial charge in [0.2, 0.25) is 5.91 Å². The summed E-state index contributed by atoms with van der Waals surface area (Å²) in [6.07, 6.45) is 1.64. The molecule has 0 aliphatic rings. The number of benzene rings is 1. The van der Waals surface area contributed by atoms with Crippen LogP contribution in [0.25, 0.3) is 0 Å². The Hall–Kier alpha value is -1.35. The molecule has 0 saturated heterocycles. The summed E-state index contributed by atoms with van der Waals surface area (Å²) < 4.78 is 0. The maximum absolute atomic E-state index is 12.1. The van der Waals surface area contributed by atoms with Gasteiger partial charge in [-0.15, -0.1) is 0 Å². The fraction of sp³-hybridized carbons (Fsp3) is 0.533. The molecular weight excluding hydrogens is 224 g/mol. The summed E-state index contributed by atoms with van der Waals surface area (Å²) in [5.74, 6) is 0.180. The fourth-order valence-electron chi connectivity index (χ4n) is 1.82. The third kappa shape index (κ3) is 4.49. The molecule has 0 spiro atoms. The lowest BCUT2D eigenvalue weighted by molar-refractivity contribution is -0.118. The lowest BCUT2D eigenvalue weighted by atomic mass is 10.2. The van der Waals surface area contributed by atoms with E-state index in [2.05, 4.69) is 19.2 Å². The predicted molar refractivity (Wildman–Crippen MR) is 76.8 cm³/mol. The Morgan fingerprint density at radius 1 is 1.28 bits per heavy atom. The molecule has 1 unspecified atom stereocenters. The van der Waals surface area contributed by atoms with Crippen molar-refractivity contribution in [2.24, 2.45) is 0 Å². The molecule has 1 aromatic carbocycles. The van der Waals surface area contributed by atoms with Gasteiger partial charge in [0, 0.05) is 31.2 Å². The van der Waals surface area contributed by atoms with Gasteiger partial charge in [-0.25, -0.2) is 0 Å². The predicted octanol–water partition coefficient (Wildman–Crippen LogP) is 2.82. The molecule has 100 valence electrons. The number of hydrogen-bond acceptors (Lipinski definition) is 2. The molecule has 0 fully saturated rings. The quantitative estimate of drug-likeness (QED) is 0.804. The van der Waals surface area contributed by atoms with Crippen molar-refractivity contribution in [1.82, 2.24) is 5.32 Å². The van der Waals surface area contributed by atoms with Crippen LogP contribution in [0.2, 0.25) is 0 Å². The highest BCUT2D eigenvalue weighted by Gasteiger charge is 2.13. The van der Waals surface area contributed by atoms with Crippen LogP contribution in [0.4, 0.5) is 5.69 Å². The second kappa shape index (κ2) is 7.88. The third-order valence-electron chi connectivity index (χ3n) is 3.13. The van der Waals surface area contributed by atoms with Gasteiger partial charge < -0.3 is 10.2 Å². The largest absolute Gasteiger partial charge is 0.314 e. The van der Waals surface area contributed by atoms with E-state index < -0.39 is 0 Å². The summed E-state index contributed by atoms with van der Waals surface area (Å²) in [5.41, 5.74) is 0.980. The van der Waals surface area contributed by atoms with Crippen LogP contribution >= 0.6 is 0 Å². The van der Waals surface area contributed by atoms with Gasteiger partial charge in [0.1, 0.15) is 0 Å². The zero-order valence-electron chi connectivity index (χ0n) is 11.6. The van der Waals surface area contributed by atoms with Crippen molar-refractivity contribution in [3.05, 3.63) is 30.3 Å². The number of anilines is 1.